The molecule has 0 radical (unpaired) electrons. The average Bonchev–Trinajstić information content (AvgIpc) is 3.43. The van der Waals surface area contributed by atoms with Crippen molar-refractivity contribution in [2.45, 2.75) is 12.6 Å². The van der Waals surface area contributed by atoms with E-state index in [4.69, 9.17) is 9.15 Å². The Kier molecular flexibility index (Phi) is 7.99. The summed E-state index contributed by atoms with van der Waals surface area (Å²) in [6.45, 7) is 3.42. The van der Waals surface area contributed by atoms with Gasteiger partial charge in [-0.2, -0.15) is 0 Å². The molecule has 35 heavy (non-hydrogen) atoms. The first-order valence-corrected chi connectivity index (χ1v) is 11.5. The van der Waals surface area contributed by atoms with Crippen molar-refractivity contribution in [2.75, 3.05) is 44.7 Å². The highest BCUT2D eigenvalue weighted by Crippen LogP contribution is 2.24. The largest absolute Gasteiger partial charge is 0.497 e. The molecule has 2 heterocycles. The number of piperazine rings is 1. The van der Waals surface area contributed by atoms with Crippen LogP contribution in [-0.2, 0) is 16.1 Å². The fourth-order valence-electron chi connectivity index (χ4n) is 4.11. The Morgan fingerprint density at radius 1 is 0.971 bits per heavy atom. The molecule has 0 unspecified atom stereocenters. The molecule has 1 fully saturated rings. The van der Waals surface area contributed by atoms with E-state index in [0.717, 1.165) is 48.9 Å². The van der Waals surface area contributed by atoms with E-state index in [-0.39, 0.29) is 24.9 Å². The third kappa shape index (κ3) is 6.39. The Labute approximate surface area is 203 Å². The third-order valence-electron chi connectivity index (χ3n) is 6.09. The molecule has 8 nitrogen and oxygen atoms in total. The highest BCUT2D eigenvalue weighted by molar-refractivity contribution is 6.35. The van der Waals surface area contributed by atoms with Gasteiger partial charge in [-0.3, -0.25) is 14.5 Å². The van der Waals surface area contributed by atoms with Gasteiger partial charge in [0.05, 0.1) is 19.4 Å². The summed E-state index contributed by atoms with van der Waals surface area (Å²) >= 11 is 0. The second kappa shape index (κ2) is 11.5. The van der Waals surface area contributed by atoms with E-state index in [0.29, 0.717) is 0 Å². The lowest BCUT2D eigenvalue weighted by Gasteiger charge is -2.39. The van der Waals surface area contributed by atoms with Crippen molar-refractivity contribution in [1.82, 2.24) is 15.5 Å². The number of methoxy groups -OCH3 is 1. The summed E-state index contributed by atoms with van der Waals surface area (Å²) in [6.07, 6.45) is 1.60. The number of nitrogens with zero attached hydrogens (tertiary/aromatic N) is 2. The van der Waals surface area contributed by atoms with Gasteiger partial charge in [-0.1, -0.05) is 12.1 Å². The van der Waals surface area contributed by atoms with Crippen molar-refractivity contribution < 1.29 is 23.1 Å². The normalized spacial score (nSPS) is 14.9. The maximum atomic E-state index is 13.2. The number of furan rings is 1. The summed E-state index contributed by atoms with van der Waals surface area (Å²) in [5.41, 5.74) is 1.84. The minimum atomic E-state index is -0.694. The van der Waals surface area contributed by atoms with E-state index in [9.17, 15) is 14.0 Å². The number of hydrogen-bond acceptors (Lipinski definition) is 6. The van der Waals surface area contributed by atoms with Crippen molar-refractivity contribution in [3.05, 3.63) is 84.1 Å². The zero-order chi connectivity index (χ0) is 24.6. The molecule has 0 saturated carbocycles. The Bertz CT molecular complexity index is 1100. The van der Waals surface area contributed by atoms with E-state index in [2.05, 4.69) is 20.4 Å². The monoisotopic (exact) mass is 480 g/mol. The van der Waals surface area contributed by atoms with Crippen molar-refractivity contribution >= 4 is 17.5 Å². The maximum Gasteiger partial charge on any atom is 0.309 e. The van der Waals surface area contributed by atoms with Crippen molar-refractivity contribution in [1.29, 1.82) is 0 Å². The predicted molar refractivity (Wildman–Crippen MR) is 129 cm³/mol. The topological polar surface area (TPSA) is 87.0 Å². The van der Waals surface area contributed by atoms with Crippen LogP contribution in [0.4, 0.5) is 10.1 Å². The van der Waals surface area contributed by atoms with E-state index in [1.165, 1.54) is 12.1 Å². The van der Waals surface area contributed by atoms with Crippen LogP contribution in [0.15, 0.2) is 71.3 Å². The standard InChI is InChI=1S/C26H29FN4O4/c1-34-22-10-4-19(5-11-22)17-28-25(32)26(33)29-18-23(24-3-2-16-35-24)31-14-12-30(13-15-31)21-8-6-20(27)7-9-21/h2-11,16,23H,12-15,17-18H2,1H3,(H,28,32)(H,29,33)/t23-/m1/s1. The number of carbonyl (C=O) groups excluding carboxylic acids is 2. The molecule has 1 atom stereocenters. The Morgan fingerprint density at radius 3 is 2.29 bits per heavy atom. The minimum absolute atomic E-state index is 0.210. The van der Waals surface area contributed by atoms with Gasteiger partial charge in [0, 0.05) is 45.0 Å². The number of anilines is 1. The van der Waals surface area contributed by atoms with Crippen LogP contribution < -0.4 is 20.3 Å². The van der Waals surface area contributed by atoms with E-state index >= 15 is 0 Å². The van der Waals surface area contributed by atoms with Gasteiger partial charge in [-0.05, 0) is 54.1 Å². The van der Waals surface area contributed by atoms with Crippen molar-refractivity contribution in [3.8, 4) is 5.75 Å². The number of amides is 2. The number of rotatable bonds is 8. The molecule has 0 aliphatic carbocycles. The van der Waals surface area contributed by atoms with Gasteiger partial charge in [0.2, 0.25) is 0 Å². The van der Waals surface area contributed by atoms with Gasteiger partial charge in [0.1, 0.15) is 17.3 Å². The SMILES string of the molecule is COc1ccc(CNC(=O)C(=O)NC[C@H](c2ccco2)N2CCN(c3ccc(F)cc3)CC2)cc1. The summed E-state index contributed by atoms with van der Waals surface area (Å²) in [6, 6.07) is 17.2. The van der Waals surface area contributed by atoms with Crippen LogP contribution in [0.5, 0.6) is 5.75 Å². The average molecular weight is 481 g/mol. The number of hydrogen-bond donors (Lipinski definition) is 2. The van der Waals surface area contributed by atoms with Crippen molar-refractivity contribution in [3.63, 3.8) is 0 Å². The van der Waals surface area contributed by atoms with Crippen LogP contribution in [0.3, 0.4) is 0 Å². The van der Waals surface area contributed by atoms with Crippen LogP contribution in [0, 0.1) is 5.82 Å². The van der Waals surface area contributed by atoms with Crippen molar-refractivity contribution in [2.24, 2.45) is 0 Å². The Hall–Kier alpha value is -3.85. The second-order valence-electron chi connectivity index (χ2n) is 8.27. The smallest absolute Gasteiger partial charge is 0.309 e. The molecule has 1 saturated heterocycles. The van der Waals surface area contributed by atoms with Gasteiger partial charge in [0.15, 0.2) is 0 Å². The summed E-state index contributed by atoms with van der Waals surface area (Å²) in [4.78, 5) is 29.2. The maximum absolute atomic E-state index is 13.2. The Morgan fingerprint density at radius 2 is 1.66 bits per heavy atom. The predicted octanol–water partition coefficient (Wildman–Crippen LogP) is 2.72. The second-order valence-corrected chi connectivity index (χ2v) is 8.27. The van der Waals surface area contributed by atoms with Crippen LogP contribution in [0.1, 0.15) is 17.4 Å². The fraction of sp³-hybridized carbons (Fsp3) is 0.308. The van der Waals surface area contributed by atoms with Gasteiger partial charge in [-0.15, -0.1) is 0 Å². The van der Waals surface area contributed by atoms with Crippen LogP contribution in [0.2, 0.25) is 0 Å². The van der Waals surface area contributed by atoms with Crippen LogP contribution in [0.25, 0.3) is 0 Å². The van der Waals surface area contributed by atoms with E-state index in [1.54, 1.807) is 43.7 Å². The molecule has 9 heteroatoms. The molecule has 2 aromatic carbocycles. The molecule has 2 N–H and O–H groups in total. The summed E-state index contributed by atoms with van der Waals surface area (Å²) < 4.78 is 24.0. The molecule has 184 valence electrons. The first-order chi connectivity index (χ1) is 17.0. The quantitative estimate of drug-likeness (QED) is 0.482. The lowest BCUT2D eigenvalue weighted by atomic mass is 10.1. The number of benzene rings is 2. The van der Waals surface area contributed by atoms with Gasteiger partial charge >= 0.3 is 11.8 Å². The highest BCUT2D eigenvalue weighted by atomic mass is 19.1. The first kappa shape index (κ1) is 24.3. The molecule has 4 rings (SSSR count). The molecule has 1 aromatic heterocycles. The summed E-state index contributed by atoms with van der Waals surface area (Å²) in [7, 11) is 1.59. The molecule has 1 aliphatic heterocycles. The van der Waals surface area contributed by atoms with Crippen LogP contribution >= 0.6 is 0 Å². The van der Waals surface area contributed by atoms with E-state index < -0.39 is 11.8 Å². The van der Waals surface area contributed by atoms with E-state index in [1.807, 2.05) is 18.2 Å². The zero-order valence-electron chi connectivity index (χ0n) is 19.6. The minimum Gasteiger partial charge on any atom is -0.497 e. The Balaban J connectivity index is 1.30. The van der Waals surface area contributed by atoms with Crippen LogP contribution in [-0.4, -0.2) is 56.5 Å². The molecular formula is C26H29FN4O4. The zero-order valence-corrected chi connectivity index (χ0v) is 19.6. The lowest BCUT2D eigenvalue weighted by molar-refractivity contribution is -0.139. The van der Waals surface area contributed by atoms with Gasteiger partial charge in [0.25, 0.3) is 0 Å². The number of halogens is 1. The molecule has 2 amide bonds. The molecule has 1 aliphatic rings. The summed E-state index contributed by atoms with van der Waals surface area (Å²) in [5.74, 6) is -0.200. The summed E-state index contributed by atoms with van der Waals surface area (Å²) in [5, 5.41) is 5.38. The lowest BCUT2D eigenvalue weighted by Crippen LogP contribution is -2.50. The number of carbonyl (C=O) groups is 2. The number of ether oxygens (including phenoxy) is 1. The third-order valence-corrected chi connectivity index (χ3v) is 6.09. The molecule has 0 bridgehead atoms. The van der Waals surface area contributed by atoms with Gasteiger partial charge < -0.3 is 24.7 Å². The number of nitrogens with one attached hydrogen (secondary N) is 2. The first-order valence-electron chi connectivity index (χ1n) is 11.5. The molecular weight excluding hydrogens is 451 g/mol. The fourth-order valence-corrected chi connectivity index (χ4v) is 4.11. The highest BCUT2D eigenvalue weighted by Gasteiger charge is 2.28. The molecule has 3 aromatic rings. The molecule has 0 spiro atoms. The van der Waals surface area contributed by atoms with Gasteiger partial charge in [-0.25, -0.2) is 4.39 Å².